The number of amides is 4. The van der Waals surface area contributed by atoms with Gasteiger partial charge in [0.25, 0.3) is 0 Å². The molecule has 0 bridgehead atoms. The van der Waals surface area contributed by atoms with Gasteiger partial charge in [-0.2, -0.15) is 0 Å². The maximum atomic E-state index is 15.7. The summed E-state index contributed by atoms with van der Waals surface area (Å²) < 4.78 is 30.9. The number of aromatic amines is 2. The molecule has 3 aromatic carbocycles. The van der Waals surface area contributed by atoms with Crippen LogP contribution in [0.5, 0.6) is 5.75 Å². The topological polar surface area (TPSA) is 187 Å². The first kappa shape index (κ1) is 45.2. The van der Waals surface area contributed by atoms with Crippen LogP contribution in [0.2, 0.25) is 0 Å². The third-order valence-corrected chi connectivity index (χ3v) is 13.2. The zero-order valence-corrected chi connectivity index (χ0v) is 38.2. The van der Waals surface area contributed by atoms with E-state index in [1.807, 2.05) is 52.8 Å². The van der Waals surface area contributed by atoms with Crippen LogP contribution in [-0.4, -0.2) is 99.7 Å². The predicted octanol–water partition coefficient (Wildman–Crippen LogP) is 8.15. The van der Waals surface area contributed by atoms with Crippen molar-refractivity contribution in [2.45, 2.75) is 109 Å². The molecule has 5 heterocycles. The molecule has 65 heavy (non-hydrogen) atoms. The largest absolute Gasteiger partial charge is 0.491 e. The number of anilines is 1. The van der Waals surface area contributed by atoms with E-state index in [2.05, 4.69) is 49.8 Å². The standard InChI is InChI=1S/C48H60FN9O7/c1-8-65-40-20-15-30(25-31(40)49)58-36(28-13-16-32-34(23-28)52-43(50-32)38-11-9-21-56(38)45(59)41(26(2)3)54-47(61)63-6)18-19-37(58)29-14-17-33-35(24-29)53-44(51-33)39-12-10-22-57(39)46(60)42(27(4)5)55-48(62)64-7/h13-17,20,23-27,36-39,41-42H,8-12,18-19,21-22H2,1-7H3,(H,50,52)(H,51,53)(H,54,61)(H,55,62)/t36-,37-,38+,39+,41+,42+/m1/s1. The van der Waals surface area contributed by atoms with Crippen molar-refractivity contribution in [1.82, 2.24) is 40.4 Å². The van der Waals surface area contributed by atoms with Gasteiger partial charge in [0.2, 0.25) is 11.8 Å². The number of nitrogens with zero attached hydrogens (tertiary/aromatic N) is 5. The highest BCUT2D eigenvalue weighted by Gasteiger charge is 2.40. The van der Waals surface area contributed by atoms with Crippen LogP contribution >= 0.6 is 0 Å². The molecule has 17 heteroatoms. The zero-order chi connectivity index (χ0) is 46.1. The Balaban J connectivity index is 1.09. The van der Waals surface area contributed by atoms with Crippen LogP contribution in [0.3, 0.4) is 0 Å². The number of carbonyl (C=O) groups is 4. The lowest BCUT2D eigenvalue weighted by atomic mass is 10.0. The Labute approximate surface area is 377 Å². The van der Waals surface area contributed by atoms with Gasteiger partial charge in [0, 0.05) is 24.8 Å². The highest BCUT2D eigenvalue weighted by Crippen LogP contribution is 2.48. The normalized spacial score (nSPS) is 20.8. The van der Waals surface area contributed by atoms with Gasteiger partial charge in [0.05, 0.1) is 67.1 Å². The van der Waals surface area contributed by atoms with Gasteiger partial charge in [-0.05, 0) is 105 Å². The molecule has 6 atom stereocenters. The number of nitrogens with one attached hydrogen (secondary N) is 4. The number of likely N-dealkylation sites (tertiary alicyclic amines) is 2. The van der Waals surface area contributed by atoms with E-state index in [9.17, 15) is 19.2 Å². The molecule has 0 unspecified atom stereocenters. The van der Waals surface area contributed by atoms with E-state index in [1.165, 1.54) is 14.2 Å². The van der Waals surface area contributed by atoms with Crippen molar-refractivity contribution in [3.63, 3.8) is 0 Å². The van der Waals surface area contributed by atoms with Crippen molar-refractivity contribution < 1.29 is 37.8 Å². The van der Waals surface area contributed by atoms with Crippen molar-refractivity contribution in [3.05, 3.63) is 83.2 Å². The summed E-state index contributed by atoms with van der Waals surface area (Å²) in [5.41, 5.74) is 5.98. The molecule has 0 saturated carbocycles. The first-order valence-electron chi connectivity index (χ1n) is 22.8. The second kappa shape index (κ2) is 19.0. The Kier molecular flexibility index (Phi) is 13.2. The van der Waals surface area contributed by atoms with Crippen LogP contribution < -0.4 is 20.3 Å². The van der Waals surface area contributed by atoms with Gasteiger partial charge in [-0.3, -0.25) is 9.59 Å². The Morgan fingerprint density at radius 3 is 1.58 bits per heavy atom. The molecule has 16 nitrogen and oxygen atoms in total. The molecule has 2 aromatic heterocycles. The molecule has 8 rings (SSSR count). The average Bonchev–Trinajstić information content (AvgIpc) is 4.15. The van der Waals surface area contributed by atoms with E-state index in [-0.39, 0.29) is 53.6 Å². The number of imidazole rings is 2. The van der Waals surface area contributed by atoms with Crippen LogP contribution in [0, 0.1) is 17.7 Å². The van der Waals surface area contributed by atoms with E-state index in [1.54, 1.807) is 21.9 Å². The molecule has 5 aromatic rings. The minimum Gasteiger partial charge on any atom is -0.491 e. The number of hydrogen-bond acceptors (Lipinski definition) is 10. The summed E-state index contributed by atoms with van der Waals surface area (Å²) in [5.74, 6) is 0.491. The van der Waals surface area contributed by atoms with Crippen LogP contribution in [0.4, 0.5) is 19.7 Å². The Morgan fingerprint density at radius 2 is 1.17 bits per heavy atom. The summed E-state index contributed by atoms with van der Waals surface area (Å²) in [7, 11) is 2.56. The van der Waals surface area contributed by atoms with Gasteiger partial charge < -0.3 is 49.5 Å². The third-order valence-electron chi connectivity index (χ3n) is 13.2. The highest BCUT2D eigenvalue weighted by atomic mass is 19.1. The lowest BCUT2D eigenvalue weighted by Crippen LogP contribution is -2.51. The Hall–Kier alpha value is -6.39. The number of H-pyrrole nitrogens is 2. The average molecular weight is 894 g/mol. The summed E-state index contributed by atoms with van der Waals surface area (Å²) in [6.07, 6.45) is 3.33. The van der Waals surface area contributed by atoms with E-state index < -0.39 is 30.1 Å². The third kappa shape index (κ3) is 9.01. The fourth-order valence-electron chi connectivity index (χ4n) is 9.96. The minimum absolute atomic E-state index is 0.132. The molecule has 3 aliphatic heterocycles. The number of fused-ring (bicyclic) bond motifs is 2. The fraction of sp³-hybridized carbons (Fsp3) is 0.500. The Bertz CT molecular complexity index is 2410. The molecule has 4 amide bonds. The Morgan fingerprint density at radius 1 is 0.692 bits per heavy atom. The van der Waals surface area contributed by atoms with Gasteiger partial charge >= 0.3 is 12.2 Å². The molecular formula is C48H60FN9O7. The molecule has 0 radical (unpaired) electrons. The summed E-state index contributed by atoms with van der Waals surface area (Å²) >= 11 is 0. The highest BCUT2D eigenvalue weighted by molar-refractivity contribution is 5.87. The van der Waals surface area contributed by atoms with Crippen LogP contribution in [-0.2, 0) is 19.1 Å². The smallest absolute Gasteiger partial charge is 0.407 e. The molecule has 0 spiro atoms. The van der Waals surface area contributed by atoms with Crippen LogP contribution in [0.1, 0.15) is 120 Å². The molecule has 3 saturated heterocycles. The summed E-state index contributed by atoms with van der Waals surface area (Å²) in [4.78, 5) is 74.9. The van der Waals surface area contributed by atoms with Gasteiger partial charge in [-0.1, -0.05) is 39.8 Å². The monoisotopic (exact) mass is 893 g/mol. The number of aromatic nitrogens is 4. The number of ether oxygens (including phenoxy) is 3. The number of halogens is 1. The van der Waals surface area contributed by atoms with Crippen molar-refractivity contribution in [1.29, 1.82) is 0 Å². The van der Waals surface area contributed by atoms with Crippen molar-refractivity contribution in [2.24, 2.45) is 11.8 Å². The summed E-state index contributed by atoms with van der Waals surface area (Å²) in [6.45, 7) is 10.8. The van der Waals surface area contributed by atoms with Gasteiger partial charge in [0.1, 0.15) is 23.7 Å². The predicted molar refractivity (Wildman–Crippen MR) is 243 cm³/mol. The number of alkyl carbamates (subject to hydrolysis) is 2. The maximum Gasteiger partial charge on any atom is 0.407 e. The van der Waals surface area contributed by atoms with Gasteiger partial charge in [-0.25, -0.2) is 23.9 Å². The van der Waals surface area contributed by atoms with Crippen molar-refractivity contribution in [2.75, 3.05) is 38.8 Å². The first-order valence-corrected chi connectivity index (χ1v) is 22.8. The van der Waals surface area contributed by atoms with E-state index in [4.69, 9.17) is 24.2 Å². The second-order valence-corrected chi connectivity index (χ2v) is 18.0. The SMILES string of the molecule is CCOc1ccc(N2[C@@H](c3ccc4nc([C@@H]5CCCN5C(=O)[C@@H](NC(=O)OC)C(C)C)[nH]c4c3)CC[C@@H]2c2ccc3nc([C@@H]4CCCN4C(=O)[C@@H](NC(=O)OC)C(C)C)[nH]c3c2)cc1F. The number of rotatable bonds is 13. The summed E-state index contributed by atoms with van der Waals surface area (Å²) in [5, 5.41) is 5.43. The molecule has 3 aliphatic rings. The quantitative estimate of drug-likeness (QED) is 0.0899. The lowest BCUT2D eigenvalue weighted by molar-refractivity contribution is -0.136. The van der Waals surface area contributed by atoms with E-state index in [0.717, 1.165) is 77.4 Å². The molecule has 4 N–H and O–H groups in total. The second-order valence-electron chi connectivity index (χ2n) is 18.0. The molecule has 3 fully saturated rings. The minimum atomic E-state index is -0.738. The van der Waals surface area contributed by atoms with Gasteiger partial charge in [0.15, 0.2) is 11.6 Å². The van der Waals surface area contributed by atoms with Crippen molar-refractivity contribution >= 4 is 51.8 Å². The number of methoxy groups -OCH3 is 2. The molecule has 346 valence electrons. The lowest BCUT2D eigenvalue weighted by Gasteiger charge is -2.33. The van der Waals surface area contributed by atoms with E-state index >= 15 is 4.39 Å². The van der Waals surface area contributed by atoms with Crippen molar-refractivity contribution in [3.8, 4) is 5.75 Å². The fourth-order valence-corrected chi connectivity index (χ4v) is 9.96. The number of carbonyl (C=O) groups excluding carboxylic acids is 4. The van der Waals surface area contributed by atoms with Crippen LogP contribution in [0.15, 0.2) is 54.6 Å². The zero-order valence-electron chi connectivity index (χ0n) is 38.2. The molecular weight excluding hydrogens is 834 g/mol. The molecule has 0 aliphatic carbocycles. The maximum absolute atomic E-state index is 15.7. The first-order chi connectivity index (χ1) is 31.3. The number of benzene rings is 3. The summed E-state index contributed by atoms with van der Waals surface area (Å²) in [6, 6.07) is 15.2. The number of hydrogen-bond donors (Lipinski definition) is 4. The van der Waals surface area contributed by atoms with Gasteiger partial charge in [-0.15, -0.1) is 0 Å². The van der Waals surface area contributed by atoms with Crippen LogP contribution in [0.25, 0.3) is 22.1 Å². The van der Waals surface area contributed by atoms with E-state index in [0.29, 0.717) is 31.3 Å².